The summed E-state index contributed by atoms with van der Waals surface area (Å²) in [6.07, 6.45) is 0. The second-order valence-electron chi connectivity index (χ2n) is 7.35. The Labute approximate surface area is 204 Å². The van der Waals surface area contributed by atoms with Crippen molar-refractivity contribution in [3.8, 4) is 11.4 Å². The van der Waals surface area contributed by atoms with Crippen molar-refractivity contribution in [1.29, 1.82) is 0 Å². The van der Waals surface area contributed by atoms with Gasteiger partial charge in [-0.2, -0.15) is 9.78 Å². The van der Waals surface area contributed by atoms with Crippen LogP contribution in [0.3, 0.4) is 0 Å². The maximum Gasteiger partial charge on any atom is 0.282 e. The summed E-state index contributed by atoms with van der Waals surface area (Å²) in [5, 5.41) is 26.5. The third kappa shape index (κ3) is 4.97. The van der Waals surface area contributed by atoms with Crippen LogP contribution in [-0.2, 0) is 12.3 Å². The number of thioether (sulfide) groups is 1. The molecular formula is C23H21ClN6O3S. The molecule has 0 saturated heterocycles. The monoisotopic (exact) mass is 496 g/mol. The number of aromatic hydroxyl groups is 1. The number of nitrogens with one attached hydrogen (secondary N) is 1. The van der Waals surface area contributed by atoms with E-state index in [9.17, 15) is 14.7 Å². The molecule has 2 aromatic heterocycles. The zero-order valence-electron chi connectivity index (χ0n) is 18.4. The van der Waals surface area contributed by atoms with Crippen molar-refractivity contribution in [2.45, 2.75) is 31.3 Å². The van der Waals surface area contributed by atoms with E-state index in [1.54, 1.807) is 22.8 Å². The zero-order valence-corrected chi connectivity index (χ0v) is 20.0. The minimum atomic E-state index is -0.719. The summed E-state index contributed by atoms with van der Waals surface area (Å²) in [6, 6.07) is 15.6. The van der Waals surface area contributed by atoms with Gasteiger partial charge in [0, 0.05) is 23.4 Å². The quantitative estimate of drug-likeness (QED) is 0.371. The molecular weight excluding hydrogens is 476 g/mol. The number of aromatic nitrogens is 5. The molecule has 0 fully saturated rings. The number of carbonyl (C=O) groups excluding carboxylic acids is 1. The molecule has 2 heterocycles. The van der Waals surface area contributed by atoms with Crippen LogP contribution in [0.4, 0.5) is 5.95 Å². The highest BCUT2D eigenvalue weighted by Crippen LogP contribution is 2.27. The summed E-state index contributed by atoms with van der Waals surface area (Å²) in [4.78, 5) is 25.3. The Morgan fingerprint density at radius 2 is 1.94 bits per heavy atom. The maximum absolute atomic E-state index is 12.9. The van der Waals surface area contributed by atoms with Crippen LogP contribution in [0.25, 0.3) is 5.69 Å². The summed E-state index contributed by atoms with van der Waals surface area (Å²) in [5.41, 5.74) is 1.49. The van der Waals surface area contributed by atoms with Crippen LogP contribution in [0.15, 0.2) is 64.5 Å². The third-order valence-corrected chi connectivity index (χ3v) is 6.33. The molecule has 1 amide bonds. The molecule has 0 atom stereocenters. The number of nitrogens with zero attached hydrogens (tertiary/aromatic N) is 5. The lowest BCUT2D eigenvalue weighted by Gasteiger charge is -2.11. The zero-order chi connectivity index (χ0) is 24.2. The predicted molar refractivity (Wildman–Crippen MR) is 131 cm³/mol. The number of anilines is 1. The van der Waals surface area contributed by atoms with Gasteiger partial charge in [0.05, 0.1) is 5.69 Å². The summed E-state index contributed by atoms with van der Waals surface area (Å²) < 4.78 is 2.80. The number of aryl methyl sites for hydroxylation is 1. The van der Waals surface area contributed by atoms with Crippen molar-refractivity contribution >= 4 is 35.2 Å². The fourth-order valence-electron chi connectivity index (χ4n) is 3.24. The first-order valence-corrected chi connectivity index (χ1v) is 11.7. The molecule has 174 valence electrons. The summed E-state index contributed by atoms with van der Waals surface area (Å²) in [7, 11) is 0. The van der Waals surface area contributed by atoms with Crippen LogP contribution in [0.1, 0.15) is 28.5 Å². The predicted octanol–water partition coefficient (Wildman–Crippen LogP) is 4.06. The highest BCUT2D eigenvalue weighted by atomic mass is 35.5. The number of carbonyl (C=O) groups is 1. The molecule has 0 aliphatic carbocycles. The molecule has 0 aliphatic heterocycles. The van der Waals surface area contributed by atoms with Crippen molar-refractivity contribution in [3.05, 3.63) is 86.8 Å². The average Bonchev–Trinajstić information content (AvgIpc) is 3.19. The van der Waals surface area contributed by atoms with Crippen molar-refractivity contribution < 1.29 is 9.90 Å². The second kappa shape index (κ2) is 10.1. The van der Waals surface area contributed by atoms with Gasteiger partial charge in [0.15, 0.2) is 16.6 Å². The van der Waals surface area contributed by atoms with E-state index in [1.165, 1.54) is 11.8 Å². The molecule has 0 bridgehead atoms. The van der Waals surface area contributed by atoms with Gasteiger partial charge in [-0.25, -0.2) is 0 Å². The van der Waals surface area contributed by atoms with Crippen LogP contribution in [0.2, 0.25) is 5.02 Å². The molecule has 0 aliphatic rings. The van der Waals surface area contributed by atoms with Gasteiger partial charge in [-0.3, -0.25) is 19.5 Å². The Balaban J connectivity index is 1.58. The molecule has 2 N–H and O–H groups in total. The van der Waals surface area contributed by atoms with E-state index in [-0.39, 0.29) is 11.6 Å². The lowest BCUT2D eigenvalue weighted by atomic mass is 10.2. The largest absolute Gasteiger partial charge is 0.505 e. The van der Waals surface area contributed by atoms with E-state index in [4.69, 9.17) is 11.6 Å². The van der Waals surface area contributed by atoms with E-state index in [1.807, 2.05) is 44.2 Å². The van der Waals surface area contributed by atoms with Crippen LogP contribution < -0.4 is 10.9 Å². The van der Waals surface area contributed by atoms with Gasteiger partial charge in [0.2, 0.25) is 5.95 Å². The smallest absolute Gasteiger partial charge is 0.282 e. The second-order valence-corrected chi connectivity index (χ2v) is 8.70. The standard InChI is InChI=1S/C23H21ClN6O3S/c1-3-29-22(26-27-23(29)34-13-15-8-4-5-10-17(15)24)25-21(33)20-18(31)12-19(32)30(28-20)16-9-6-7-14(2)11-16/h4-12,31H,3,13H2,1-2H3,(H,25,26,33). The fraction of sp³-hybridized carbons (Fsp3) is 0.174. The Hall–Kier alpha value is -3.63. The van der Waals surface area contributed by atoms with Crippen LogP contribution in [0, 0.1) is 6.92 Å². The van der Waals surface area contributed by atoms with Crippen molar-refractivity contribution in [1.82, 2.24) is 24.5 Å². The molecule has 4 aromatic rings. The molecule has 4 rings (SSSR count). The Bertz CT molecular complexity index is 1420. The minimum absolute atomic E-state index is 0.198. The van der Waals surface area contributed by atoms with Gasteiger partial charge in [-0.05, 0) is 43.2 Å². The van der Waals surface area contributed by atoms with E-state index in [2.05, 4.69) is 20.6 Å². The van der Waals surface area contributed by atoms with Gasteiger partial charge < -0.3 is 5.11 Å². The SMILES string of the molecule is CCn1c(NC(=O)c2nn(-c3cccc(C)c3)c(=O)cc2O)nnc1SCc1ccccc1Cl. The molecule has 0 spiro atoms. The van der Waals surface area contributed by atoms with Gasteiger partial charge in [0.25, 0.3) is 11.5 Å². The van der Waals surface area contributed by atoms with Crippen molar-refractivity contribution in [2.24, 2.45) is 0 Å². The first-order chi connectivity index (χ1) is 16.4. The van der Waals surface area contributed by atoms with E-state index in [0.717, 1.165) is 21.9 Å². The number of hydrogen-bond acceptors (Lipinski definition) is 7. The molecule has 0 radical (unpaired) electrons. The summed E-state index contributed by atoms with van der Waals surface area (Å²) in [6.45, 7) is 4.27. The van der Waals surface area contributed by atoms with Crippen molar-refractivity contribution in [3.63, 3.8) is 0 Å². The highest BCUT2D eigenvalue weighted by Gasteiger charge is 2.21. The normalized spacial score (nSPS) is 10.9. The first kappa shape index (κ1) is 23.5. The van der Waals surface area contributed by atoms with Crippen LogP contribution in [-0.4, -0.2) is 35.6 Å². The number of rotatable bonds is 7. The molecule has 0 saturated carbocycles. The van der Waals surface area contributed by atoms with E-state index < -0.39 is 17.2 Å². The van der Waals surface area contributed by atoms with Gasteiger partial charge in [-0.15, -0.1) is 10.2 Å². The topological polar surface area (TPSA) is 115 Å². The molecule has 9 nitrogen and oxygen atoms in total. The molecule has 11 heteroatoms. The number of amides is 1. The van der Waals surface area contributed by atoms with E-state index in [0.29, 0.717) is 28.2 Å². The Morgan fingerprint density at radius 1 is 1.15 bits per heavy atom. The van der Waals surface area contributed by atoms with Crippen LogP contribution >= 0.6 is 23.4 Å². The van der Waals surface area contributed by atoms with Gasteiger partial charge in [0.1, 0.15) is 0 Å². The van der Waals surface area contributed by atoms with Crippen molar-refractivity contribution in [2.75, 3.05) is 5.32 Å². The Kier molecular flexibility index (Phi) is 6.99. The molecule has 34 heavy (non-hydrogen) atoms. The number of halogens is 1. The molecule has 0 unspecified atom stereocenters. The highest BCUT2D eigenvalue weighted by molar-refractivity contribution is 7.98. The van der Waals surface area contributed by atoms with Crippen LogP contribution in [0.5, 0.6) is 5.75 Å². The average molecular weight is 497 g/mol. The summed E-state index contributed by atoms with van der Waals surface area (Å²) >= 11 is 7.66. The third-order valence-electron chi connectivity index (χ3n) is 4.95. The lowest BCUT2D eigenvalue weighted by molar-refractivity contribution is 0.101. The van der Waals surface area contributed by atoms with Gasteiger partial charge in [-0.1, -0.05) is 53.7 Å². The van der Waals surface area contributed by atoms with Gasteiger partial charge >= 0.3 is 0 Å². The Morgan fingerprint density at radius 3 is 2.68 bits per heavy atom. The molecule has 2 aromatic carbocycles. The minimum Gasteiger partial charge on any atom is -0.505 e. The summed E-state index contributed by atoms with van der Waals surface area (Å²) in [5.74, 6) is -0.468. The fourth-order valence-corrected chi connectivity index (χ4v) is 4.53. The number of benzene rings is 2. The first-order valence-electron chi connectivity index (χ1n) is 10.4. The van der Waals surface area contributed by atoms with E-state index >= 15 is 0 Å². The number of hydrogen-bond donors (Lipinski definition) is 2. The maximum atomic E-state index is 12.9. The lowest BCUT2D eigenvalue weighted by Crippen LogP contribution is -2.26.